The molecule has 0 amide bonds. The second-order valence-corrected chi connectivity index (χ2v) is 3.04. The minimum atomic E-state index is 0.526. The van der Waals surface area contributed by atoms with Crippen LogP contribution in [0.3, 0.4) is 0 Å². The Balaban J connectivity index is 2.67. The Hall–Kier alpha value is -1.68. The van der Waals surface area contributed by atoms with Gasteiger partial charge in [-0.25, -0.2) is 0 Å². The van der Waals surface area contributed by atoms with Crippen LogP contribution in [0.1, 0.15) is 0 Å². The first-order valence-electron chi connectivity index (χ1n) is 4.55. The van der Waals surface area contributed by atoms with Gasteiger partial charge in [-0.15, -0.1) is 0 Å². The summed E-state index contributed by atoms with van der Waals surface area (Å²) in [5, 5.41) is 10.6. The average Bonchev–Trinajstić information content (AvgIpc) is 2.30. The molecule has 0 aliphatic heterocycles. The summed E-state index contributed by atoms with van der Waals surface area (Å²) in [5.41, 5.74) is 0. The fourth-order valence-electron chi connectivity index (χ4n) is 1.56. The van der Waals surface area contributed by atoms with Crippen LogP contribution in [-0.2, 0) is 0 Å². The molecule has 0 aliphatic rings. The molecular formula is C11H10BO3. The van der Waals surface area contributed by atoms with Crippen molar-refractivity contribution in [2.24, 2.45) is 0 Å². The smallest absolute Gasteiger partial charge is 0.534 e. The molecule has 75 valence electrons. The monoisotopic (exact) mass is 201 g/mol. The van der Waals surface area contributed by atoms with E-state index in [0.717, 1.165) is 10.8 Å². The second-order valence-electron chi connectivity index (χ2n) is 3.04. The van der Waals surface area contributed by atoms with E-state index in [2.05, 4.69) is 0 Å². The summed E-state index contributed by atoms with van der Waals surface area (Å²) >= 11 is 0. The number of benzene rings is 2. The van der Waals surface area contributed by atoms with Crippen LogP contribution in [0.25, 0.3) is 10.8 Å². The van der Waals surface area contributed by atoms with Crippen molar-refractivity contribution in [2.75, 3.05) is 7.11 Å². The highest BCUT2D eigenvalue weighted by atomic mass is 16.5. The van der Waals surface area contributed by atoms with Gasteiger partial charge in [-0.1, -0.05) is 30.3 Å². The molecule has 1 radical (unpaired) electrons. The van der Waals surface area contributed by atoms with E-state index < -0.39 is 0 Å². The predicted octanol–water partition coefficient (Wildman–Crippen LogP) is 1.75. The molecular weight excluding hydrogens is 191 g/mol. The zero-order chi connectivity index (χ0) is 10.7. The zero-order valence-electron chi connectivity index (χ0n) is 8.31. The third kappa shape index (κ3) is 1.76. The minimum Gasteiger partial charge on any atom is -0.534 e. The quantitative estimate of drug-likeness (QED) is 0.768. The lowest BCUT2D eigenvalue weighted by Gasteiger charge is -2.11. The first-order chi connectivity index (χ1) is 7.36. The van der Waals surface area contributed by atoms with Gasteiger partial charge in [0, 0.05) is 5.39 Å². The van der Waals surface area contributed by atoms with Crippen molar-refractivity contribution in [3.63, 3.8) is 0 Å². The summed E-state index contributed by atoms with van der Waals surface area (Å²) in [6.07, 6.45) is 0. The summed E-state index contributed by atoms with van der Waals surface area (Å²) in [6, 6.07) is 11.5. The molecule has 2 rings (SSSR count). The number of fused-ring (bicyclic) bond motifs is 1. The predicted molar refractivity (Wildman–Crippen MR) is 59.1 cm³/mol. The Kier molecular flexibility index (Phi) is 2.78. The largest absolute Gasteiger partial charge is 0.569 e. The van der Waals surface area contributed by atoms with Gasteiger partial charge in [-0.2, -0.15) is 0 Å². The molecule has 2 aromatic carbocycles. The molecule has 2 aromatic rings. The Labute approximate surface area is 88.6 Å². The fraction of sp³-hybridized carbons (Fsp3) is 0.0909. The van der Waals surface area contributed by atoms with E-state index in [-0.39, 0.29) is 0 Å². The highest BCUT2D eigenvalue weighted by molar-refractivity contribution is 6.18. The fourth-order valence-corrected chi connectivity index (χ4v) is 1.56. The Morgan fingerprint density at radius 3 is 2.67 bits per heavy atom. The van der Waals surface area contributed by atoms with Crippen molar-refractivity contribution in [3.8, 4) is 11.5 Å². The maximum Gasteiger partial charge on any atom is 0.569 e. The summed E-state index contributed by atoms with van der Waals surface area (Å²) < 4.78 is 10.2. The Morgan fingerprint density at radius 1 is 1.13 bits per heavy atom. The van der Waals surface area contributed by atoms with E-state index >= 15 is 0 Å². The number of rotatable bonds is 3. The molecule has 0 heterocycles. The van der Waals surface area contributed by atoms with E-state index in [9.17, 15) is 0 Å². The van der Waals surface area contributed by atoms with Crippen molar-refractivity contribution in [1.82, 2.24) is 0 Å². The molecule has 0 aliphatic carbocycles. The highest BCUT2D eigenvalue weighted by Crippen LogP contribution is 2.34. The first-order valence-corrected chi connectivity index (χ1v) is 4.55. The summed E-state index contributed by atoms with van der Waals surface area (Å²) in [5.74, 6) is 1.12. The second kappa shape index (κ2) is 4.23. The first kappa shape index (κ1) is 9.86. The van der Waals surface area contributed by atoms with Gasteiger partial charge in [-0.05, 0) is 11.5 Å². The number of ether oxygens (including phenoxy) is 1. The van der Waals surface area contributed by atoms with Crippen LogP contribution in [0.2, 0.25) is 0 Å². The van der Waals surface area contributed by atoms with Gasteiger partial charge in [0.2, 0.25) is 0 Å². The minimum absolute atomic E-state index is 0.526. The highest BCUT2D eigenvalue weighted by Gasteiger charge is 2.08. The maximum absolute atomic E-state index is 8.70. The molecule has 0 fully saturated rings. The van der Waals surface area contributed by atoms with Crippen molar-refractivity contribution >= 4 is 18.5 Å². The number of hydrogen-bond donors (Lipinski definition) is 1. The molecule has 0 unspecified atom stereocenters. The van der Waals surface area contributed by atoms with E-state index in [1.807, 2.05) is 30.3 Å². The Bertz CT molecular complexity index is 470. The van der Waals surface area contributed by atoms with Crippen LogP contribution in [0.15, 0.2) is 36.4 Å². The Morgan fingerprint density at radius 2 is 1.93 bits per heavy atom. The molecule has 0 bridgehead atoms. The standard InChI is InChI=1S/C11H10BO3/c1-14-10-7-6-8-4-2-3-5-9(8)11(10)15-12-13/h2-7,13H,1H3. The lowest BCUT2D eigenvalue weighted by Crippen LogP contribution is -2.02. The van der Waals surface area contributed by atoms with Crippen LogP contribution >= 0.6 is 0 Å². The maximum atomic E-state index is 8.70. The van der Waals surface area contributed by atoms with Crippen LogP contribution in [-0.4, -0.2) is 19.8 Å². The van der Waals surface area contributed by atoms with Crippen molar-refractivity contribution in [2.45, 2.75) is 0 Å². The zero-order valence-corrected chi connectivity index (χ0v) is 8.31. The van der Waals surface area contributed by atoms with Crippen LogP contribution in [0, 0.1) is 0 Å². The molecule has 0 spiro atoms. The third-order valence-electron chi connectivity index (χ3n) is 2.23. The summed E-state index contributed by atoms with van der Waals surface area (Å²) in [7, 11) is 2.22. The molecule has 3 nitrogen and oxygen atoms in total. The van der Waals surface area contributed by atoms with Crippen molar-refractivity contribution < 1.29 is 14.4 Å². The van der Waals surface area contributed by atoms with Gasteiger partial charge >= 0.3 is 7.69 Å². The van der Waals surface area contributed by atoms with Crippen LogP contribution in [0.4, 0.5) is 0 Å². The molecule has 15 heavy (non-hydrogen) atoms. The number of methoxy groups -OCH3 is 1. The molecule has 0 atom stereocenters. The third-order valence-corrected chi connectivity index (χ3v) is 2.23. The van der Waals surface area contributed by atoms with E-state index in [1.165, 1.54) is 0 Å². The van der Waals surface area contributed by atoms with Crippen LogP contribution < -0.4 is 9.39 Å². The SMILES string of the molecule is COc1ccc2ccccc2c1O[B]O. The normalized spacial score (nSPS) is 10.0. The van der Waals surface area contributed by atoms with Gasteiger partial charge in [0.1, 0.15) is 0 Å². The van der Waals surface area contributed by atoms with Crippen molar-refractivity contribution in [1.29, 1.82) is 0 Å². The van der Waals surface area contributed by atoms with Gasteiger partial charge in [0.15, 0.2) is 11.5 Å². The molecule has 0 aromatic heterocycles. The molecule has 1 N–H and O–H groups in total. The molecule has 0 saturated carbocycles. The van der Waals surface area contributed by atoms with Gasteiger partial charge in [0.05, 0.1) is 7.11 Å². The van der Waals surface area contributed by atoms with E-state index in [4.69, 9.17) is 14.4 Å². The topological polar surface area (TPSA) is 38.7 Å². The van der Waals surface area contributed by atoms with E-state index in [1.54, 1.807) is 13.2 Å². The lowest BCUT2D eigenvalue weighted by atomic mass is 10.1. The van der Waals surface area contributed by atoms with Gasteiger partial charge < -0.3 is 14.4 Å². The summed E-state index contributed by atoms with van der Waals surface area (Å²) in [6.45, 7) is 0. The molecule has 0 saturated heterocycles. The average molecular weight is 201 g/mol. The number of hydrogen-bond acceptors (Lipinski definition) is 3. The van der Waals surface area contributed by atoms with Crippen LogP contribution in [0.5, 0.6) is 11.5 Å². The van der Waals surface area contributed by atoms with Crippen molar-refractivity contribution in [3.05, 3.63) is 36.4 Å². The summed E-state index contributed by atoms with van der Waals surface area (Å²) in [4.78, 5) is 0. The van der Waals surface area contributed by atoms with Gasteiger partial charge in [-0.3, -0.25) is 0 Å². The molecule has 4 heteroatoms. The van der Waals surface area contributed by atoms with E-state index in [0.29, 0.717) is 19.2 Å². The lowest BCUT2D eigenvalue weighted by molar-refractivity contribution is 0.384. The van der Waals surface area contributed by atoms with Gasteiger partial charge in [0.25, 0.3) is 0 Å².